The number of hydrogen-bond donors (Lipinski definition) is 2. The molecule has 0 spiro atoms. The standard InChI is InChI=1S/C11H14N4/c12-6-9-2-3-10(7-14-9)15-8-11(13)4-1-5-11/h2-3,7,15H,1,4-5,8,13H2. The Morgan fingerprint density at radius 2 is 2.33 bits per heavy atom. The Morgan fingerprint density at radius 1 is 1.53 bits per heavy atom. The summed E-state index contributed by atoms with van der Waals surface area (Å²) in [5.41, 5.74) is 7.40. The van der Waals surface area contributed by atoms with Gasteiger partial charge >= 0.3 is 0 Å². The second-order valence-electron chi connectivity index (χ2n) is 4.11. The van der Waals surface area contributed by atoms with Crippen molar-refractivity contribution in [3.8, 4) is 6.07 Å². The molecule has 78 valence electrons. The van der Waals surface area contributed by atoms with Crippen molar-refractivity contribution < 1.29 is 0 Å². The maximum Gasteiger partial charge on any atom is 0.140 e. The van der Waals surface area contributed by atoms with Gasteiger partial charge in [-0.2, -0.15) is 5.26 Å². The number of nitrogens with one attached hydrogen (secondary N) is 1. The second-order valence-corrected chi connectivity index (χ2v) is 4.11. The smallest absolute Gasteiger partial charge is 0.140 e. The summed E-state index contributed by atoms with van der Waals surface area (Å²) in [5, 5.41) is 11.8. The Bertz CT molecular complexity index is 373. The number of nitrogens with zero attached hydrogens (tertiary/aromatic N) is 2. The average Bonchev–Trinajstić information content (AvgIpc) is 2.24. The van der Waals surface area contributed by atoms with Crippen LogP contribution in [0.4, 0.5) is 5.69 Å². The number of nitriles is 1. The van der Waals surface area contributed by atoms with Crippen LogP contribution in [0.1, 0.15) is 25.0 Å². The lowest BCUT2D eigenvalue weighted by atomic mass is 9.78. The molecule has 1 aliphatic rings. The molecule has 15 heavy (non-hydrogen) atoms. The van der Waals surface area contributed by atoms with Gasteiger partial charge < -0.3 is 11.1 Å². The molecule has 0 amide bonds. The van der Waals surface area contributed by atoms with Gasteiger partial charge in [0.2, 0.25) is 0 Å². The molecule has 0 bridgehead atoms. The molecule has 1 aliphatic carbocycles. The van der Waals surface area contributed by atoms with Gasteiger partial charge in [-0.15, -0.1) is 0 Å². The highest BCUT2D eigenvalue weighted by molar-refractivity contribution is 5.43. The fraction of sp³-hybridized carbons (Fsp3) is 0.455. The lowest BCUT2D eigenvalue weighted by Crippen LogP contribution is -2.51. The van der Waals surface area contributed by atoms with E-state index in [-0.39, 0.29) is 5.54 Å². The third kappa shape index (κ3) is 2.25. The van der Waals surface area contributed by atoms with Gasteiger partial charge in [0.1, 0.15) is 11.8 Å². The molecule has 0 saturated heterocycles. The van der Waals surface area contributed by atoms with E-state index >= 15 is 0 Å². The number of nitrogens with two attached hydrogens (primary N) is 1. The zero-order valence-electron chi connectivity index (χ0n) is 8.53. The Labute approximate surface area is 89.1 Å². The van der Waals surface area contributed by atoms with Gasteiger partial charge in [-0.25, -0.2) is 4.98 Å². The maximum atomic E-state index is 8.58. The Balaban J connectivity index is 1.91. The molecule has 4 nitrogen and oxygen atoms in total. The van der Waals surface area contributed by atoms with Crippen molar-refractivity contribution in [1.82, 2.24) is 4.98 Å². The van der Waals surface area contributed by atoms with E-state index in [0.717, 1.165) is 25.1 Å². The highest BCUT2D eigenvalue weighted by atomic mass is 15.0. The molecule has 1 saturated carbocycles. The molecule has 1 aromatic heterocycles. The summed E-state index contributed by atoms with van der Waals surface area (Å²) < 4.78 is 0. The highest BCUT2D eigenvalue weighted by Crippen LogP contribution is 2.29. The lowest BCUT2D eigenvalue weighted by Gasteiger charge is -2.38. The van der Waals surface area contributed by atoms with Crippen LogP contribution in [0, 0.1) is 11.3 Å². The Hall–Kier alpha value is -1.60. The topological polar surface area (TPSA) is 74.7 Å². The van der Waals surface area contributed by atoms with Crippen molar-refractivity contribution in [1.29, 1.82) is 5.26 Å². The van der Waals surface area contributed by atoms with Crippen LogP contribution in [0.3, 0.4) is 0 Å². The third-order valence-corrected chi connectivity index (χ3v) is 2.87. The first-order chi connectivity index (χ1) is 7.22. The predicted octanol–water partition coefficient (Wildman–Crippen LogP) is 1.25. The van der Waals surface area contributed by atoms with Gasteiger partial charge in [0, 0.05) is 12.1 Å². The average molecular weight is 202 g/mol. The Morgan fingerprint density at radius 3 is 2.80 bits per heavy atom. The first-order valence-electron chi connectivity index (χ1n) is 5.11. The van der Waals surface area contributed by atoms with Gasteiger partial charge in [-0.3, -0.25) is 0 Å². The van der Waals surface area contributed by atoms with Gasteiger partial charge in [0.15, 0.2) is 0 Å². The molecule has 3 N–H and O–H groups in total. The van der Waals surface area contributed by atoms with Crippen LogP contribution in [0.25, 0.3) is 0 Å². The van der Waals surface area contributed by atoms with E-state index in [0.29, 0.717) is 5.69 Å². The number of anilines is 1. The van der Waals surface area contributed by atoms with Crippen LogP contribution in [-0.2, 0) is 0 Å². The van der Waals surface area contributed by atoms with E-state index in [4.69, 9.17) is 11.0 Å². The molecular weight excluding hydrogens is 188 g/mol. The summed E-state index contributed by atoms with van der Waals surface area (Å²) in [4.78, 5) is 3.98. The fourth-order valence-electron chi connectivity index (χ4n) is 1.65. The van der Waals surface area contributed by atoms with Crippen molar-refractivity contribution >= 4 is 5.69 Å². The highest BCUT2D eigenvalue weighted by Gasteiger charge is 2.31. The molecule has 1 aromatic rings. The summed E-state index contributed by atoms with van der Waals surface area (Å²) in [5.74, 6) is 0. The van der Waals surface area contributed by atoms with Crippen molar-refractivity contribution in [3.63, 3.8) is 0 Å². The zero-order valence-corrected chi connectivity index (χ0v) is 8.53. The normalized spacial score (nSPS) is 17.6. The molecule has 1 fully saturated rings. The summed E-state index contributed by atoms with van der Waals surface area (Å²) in [7, 11) is 0. The molecule has 4 heteroatoms. The number of rotatable bonds is 3. The van der Waals surface area contributed by atoms with Crippen molar-refractivity contribution in [3.05, 3.63) is 24.0 Å². The SMILES string of the molecule is N#Cc1ccc(NCC2(N)CCC2)cn1. The summed E-state index contributed by atoms with van der Waals surface area (Å²) in [6.45, 7) is 0.778. The van der Waals surface area contributed by atoms with E-state index in [2.05, 4.69) is 10.3 Å². The van der Waals surface area contributed by atoms with E-state index in [1.807, 2.05) is 12.1 Å². The third-order valence-electron chi connectivity index (χ3n) is 2.87. The predicted molar refractivity (Wildman–Crippen MR) is 58.2 cm³/mol. The van der Waals surface area contributed by atoms with Crippen molar-refractivity contribution in [2.75, 3.05) is 11.9 Å². The minimum atomic E-state index is -0.0338. The van der Waals surface area contributed by atoms with E-state index in [9.17, 15) is 0 Å². The van der Waals surface area contributed by atoms with Gasteiger partial charge in [0.25, 0.3) is 0 Å². The van der Waals surface area contributed by atoms with Gasteiger partial charge in [0.05, 0.1) is 11.9 Å². The van der Waals surface area contributed by atoms with Crippen LogP contribution in [-0.4, -0.2) is 17.1 Å². The van der Waals surface area contributed by atoms with Crippen LogP contribution >= 0.6 is 0 Å². The van der Waals surface area contributed by atoms with Gasteiger partial charge in [-0.1, -0.05) is 0 Å². The molecule has 2 rings (SSSR count). The second kappa shape index (κ2) is 3.87. The molecule has 0 aliphatic heterocycles. The minimum absolute atomic E-state index is 0.0338. The van der Waals surface area contributed by atoms with E-state index in [1.54, 1.807) is 12.3 Å². The molecule has 0 atom stereocenters. The molecule has 0 radical (unpaired) electrons. The number of pyridine rings is 1. The van der Waals surface area contributed by atoms with E-state index in [1.165, 1.54) is 6.42 Å². The largest absolute Gasteiger partial charge is 0.382 e. The minimum Gasteiger partial charge on any atom is -0.382 e. The van der Waals surface area contributed by atoms with Crippen molar-refractivity contribution in [2.24, 2.45) is 5.73 Å². The quantitative estimate of drug-likeness (QED) is 0.773. The monoisotopic (exact) mass is 202 g/mol. The fourth-order valence-corrected chi connectivity index (χ4v) is 1.65. The van der Waals surface area contributed by atoms with Crippen LogP contribution in [0.2, 0.25) is 0 Å². The molecular formula is C11H14N4. The summed E-state index contributed by atoms with van der Waals surface area (Å²) in [6, 6.07) is 5.54. The molecule has 1 heterocycles. The van der Waals surface area contributed by atoms with Crippen LogP contribution < -0.4 is 11.1 Å². The Kier molecular flexibility index (Phi) is 2.57. The molecule has 0 aromatic carbocycles. The maximum absolute atomic E-state index is 8.58. The first-order valence-corrected chi connectivity index (χ1v) is 5.11. The number of hydrogen-bond acceptors (Lipinski definition) is 4. The van der Waals surface area contributed by atoms with Crippen LogP contribution in [0.5, 0.6) is 0 Å². The van der Waals surface area contributed by atoms with Crippen LogP contribution in [0.15, 0.2) is 18.3 Å². The van der Waals surface area contributed by atoms with Gasteiger partial charge in [-0.05, 0) is 31.4 Å². The van der Waals surface area contributed by atoms with Crippen molar-refractivity contribution in [2.45, 2.75) is 24.8 Å². The molecule has 0 unspecified atom stereocenters. The zero-order chi connectivity index (χ0) is 10.7. The summed E-state index contributed by atoms with van der Waals surface area (Å²) >= 11 is 0. The lowest BCUT2D eigenvalue weighted by molar-refractivity contribution is 0.265. The first kappa shape index (κ1) is 9.94. The summed E-state index contributed by atoms with van der Waals surface area (Å²) in [6.07, 6.45) is 5.07. The number of aromatic nitrogens is 1. The van der Waals surface area contributed by atoms with E-state index < -0.39 is 0 Å².